The van der Waals surface area contributed by atoms with Crippen molar-refractivity contribution < 1.29 is 4.39 Å². The quantitative estimate of drug-likeness (QED) is 0.603. The molecule has 0 aromatic rings. The molecule has 0 aromatic heterocycles. The van der Waals surface area contributed by atoms with Crippen molar-refractivity contribution in [1.82, 2.24) is 0 Å². The number of alkyl halides is 1. The third-order valence-electron chi connectivity index (χ3n) is 2.10. The maximum atomic E-state index is 12.7. The molecule has 2 N–H and O–H groups in total. The number of nitrogens with two attached hydrogens (primary N) is 1. The summed E-state index contributed by atoms with van der Waals surface area (Å²) in [6, 6.07) is 0. The van der Waals surface area contributed by atoms with Crippen LogP contribution in [0.5, 0.6) is 0 Å². The van der Waals surface area contributed by atoms with E-state index in [0.717, 1.165) is 25.7 Å². The van der Waals surface area contributed by atoms with E-state index in [-0.39, 0.29) is 5.92 Å². The molecule has 1 rings (SSSR count). The van der Waals surface area contributed by atoms with Gasteiger partial charge in [-0.15, -0.1) is 0 Å². The fourth-order valence-electron chi connectivity index (χ4n) is 1.53. The summed E-state index contributed by atoms with van der Waals surface area (Å²) in [4.78, 5) is 0. The highest BCUT2D eigenvalue weighted by atomic mass is 19.1. The lowest BCUT2D eigenvalue weighted by molar-refractivity contribution is 0.254. The largest absolute Gasteiger partial charge is 0.330 e. The van der Waals surface area contributed by atoms with Gasteiger partial charge in [-0.3, -0.25) is 0 Å². The van der Waals surface area contributed by atoms with Gasteiger partial charge in [0.15, 0.2) is 0 Å². The molecule has 0 bridgehead atoms. The summed E-state index contributed by atoms with van der Waals surface area (Å²) in [5.41, 5.74) is 5.30. The molecule has 0 aliphatic heterocycles. The minimum Gasteiger partial charge on any atom is -0.330 e. The molecule has 2 atom stereocenters. The van der Waals surface area contributed by atoms with Gasteiger partial charge in [-0.05, 0) is 31.7 Å². The van der Waals surface area contributed by atoms with Gasteiger partial charge >= 0.3 is 0 Å². The van der Waals surface area contributed by atoms with Crippen molar-refractivity contribution in [2.75, 3.05) is 6.54 Å². The van der Waals surface area contributed by atoms with Crippen molar-refractivity contribution in [2.45, 2.75) is 31.9 Å². The molecule has 0 aromatic carbocycles. The predicted octanol–water partition coefficient (Wildman–Crippen LogP) is 1.47. The summed E-state index contributed by atoms with van der Waals surface area (Å²) in [7, 11) is 0. The SMILES string of the molecule is NCC[C@@H]1CCC[C@H]1F. The molecule has 54 valence electrons. The van der Waals surface area contributed by atoms with Gasteiger partial charge in [-0.2, -0.15) is 0 Å². The summed E-state index contributed by atoms with van der Waals surface area (Å²) in [5, 5.41) is 0. The van der Waals surface area contributed by atoms with E-state index < -0.39 is 6.17 Å². The van der Waals surface area contributed by atoms with E-state index in [0.29, 0.717) is 6.54 Å². The van der Waals surface area contributed by atoms with Gasteiger partial charge in [0.05, 0.1) is 0 Å². The van der Waals surface area contributed by atoms with E-state index in [1.54, 1.807) is 0 Å². The van der Waals surface area contributed by atoms with Crippen molar-refractivity contribution >= 4 is 0 Å². The Labute approximate surface area is 55.4 Å². The monoisotopic (exact) mass is 131 g/mol. The molecule has 0 heterocycles. The highest BCUT2D eigenvalue weighted by molar-refractivity contribution is 4.76. The number of rotatable bonds is 2. The fourth-order valence-corrected chi connectivity index (χ4v) is 1.53. The molecule has 9 heavy (non-hydrogen) atoms. The maximum Gasteiger partial charge on any atom is 0.103 e. The standard InChI is InChI=1S/C7H14FN/c8-7-3-1-2-6(7)4-5-9/h6-7H,1-5,9H2/t6-,7+/m0/s1. The average Bonchev–Trinajstić information content (AvgIpc) is 2.18. The molecule has 2 heteroatoms. The molecule has 0 radical (unpaired) electrons. The molecular formula is C7H14FN. The maximum absolute atomic E-state index is 12.7. The Bertz CT molecular complexity index is 85.0. The van der Waals surface area contributed by atoms with E-state index in [9.17, 15) is 4.39 Å². The van der Waals surface area contributed by atoms with Crippen LogP contribution in [0, 0.1) is 5.92 Å². The Balaban J connectivity index is 2.22. The normalized spacial score (nSPS) is 35.3. The summed E-state index contributed by atoms with van der Waals surface area (Å²) < 4.78 is 12.7. The lowest BCUT2D eigenvalue weighted by Gasteiger charge is -2.09. The molecule has 1 nitrogen and oxygen atoms in total. The van der Waals surface area contributed by atoms with Gasteiger partial charge in [-0.1, -0.05) is 6.42 Å². The van der Waals surface area contributed by atoms with Crippen LogP contribution in [0.4, 0.5) is 4.39 Å². The summed E-state index contributed by atoms with van der Waals surface area (Å²) in [6.45, 7) is 0.644. The molecule has 1 aliphatic rings. The zero-order chi connectivity index (χ0) is 6.69. The van der Waals surface area contributed by atoms with Gasteiger partial charge < -0.3 is 5.73 Å². The van der Waals surface area contributed by atoms with Crippen LogP contribution in [0.3, 0.4) is 0 Å². The Morgan fingerprint density at radius 3 is 2.67 bits per heavy atom. The predicted molar refractivity (Wildman–Crippen MR) is 35.9 cm³/mol. The summed E-state index contributed by atoms with van der Waals surface area (Å²) >= 11 is 0. The van der Waals surface area contributed by atoms with Crippen LogP contribution in [0.2, 0.25) is 0 Å². The van der Waals surface area contributed by atoms with Crippen molar-refractivity contribution in [1.29, 1.82) is 0 Å². The Morgan fingerprint density at radius 2 is 2.22 bits per heavy atom. The van der Waals surface area contributed by atoms with E-state index in [2.05, 4.69) is 0 Å². The van der Waals surface area contributed by atoms with Crippen molar-refractivity contribution in [2.24, 2.45) is 11.7 Å². The molecule has 1 fully saturated rings. The van der Waals surface area contributed by atoms with Crippen molar-refractivity contribution in [3.63, 3.8) is 0 Å². The average molecular weight is 131 g/mol. The van der Waals surface area contributed by atoms with Crippen LogP contribution in [-0.2, 0) is 0 Å². The molecule has 0 spiro atoms. The zero-order valence-electron chi connectivity index (χ0n) is 5.65. The van der Waals surface area contributed by atoms with Crippen molar-refractivity contribution in [3.8, 4) is 0 Å². The fraction of sp³-hybridized carbons (Fsp3) is 1.00. The summed E-state index contributed by atoms with van der Waals surface area (Å²) in [6.07, 6.45) is 3.21. The van der Waals surface area contributed by atoms with Crippen molar-refractivity contribution in [3.05, 3.63) is 0 Å². The van der Waals surface area contributed by atoms with E-state index in [1.165, 1.54) is 0 Å². The third kappa shape index (κ3) is 1.65. The van der Waals surface area contributed by atoms with Crippen LogP contribution in [0.1, 0.15) is 25.7 Å². The highest BCUT2D eigenvalue weighted by Gasteiger charge is 2.25. The smallest absolute Gasteiger partial charge is 0.103 e. The Kier molecular flexibility index (Phi) is 2.46. The number of hydrogen-bond donors (Lipinski definition) is 1. The molecular weight excluding hydrogens is 117 g/mol. The highest BCUT2D eigenvalue weighted by Crippen LogP contribution is 2.30. The van der Waals surface area contributed by atoms with Crippen LogP contribution < -0.4 is 5.73 Å². The van der Waals surface area contributed by atoms with Crippen LogP contribution in [-0.4, -0.2) is 12.7 Å². The first kappa shape index (κ1) is 7.00. The summed E-state index contributed by atoms with van der Waals surface area (Å²) in [5.74, 6) is 0.287. The lowest BCUT2D eigenvalue weighted by Crippen LogP contribution is -2.13. The molecule has 0 saturated heterocycles. The molecule has 1 saturated carbocycles. The van der Waals surface area contributed by atoms with E-state index >= 15 is 0 Å². The second-order valence-electron chi connectivity index (χ2n) is 2.78. The van der Waals surface area contributed by atoms with Gasteiger partial charge in [0.2, 0.25) is 0 Å². The first-order chi connectivity index (χ1) is 4.34. The molecule has 0 unspecified atom stereocenters. The molecule has 0 amide bonds. The second kappa shape index (κ2) is 3.16. The topological polar surface area (TPSA) is 26.0 Å². The minimum atomic E-state index is -0.548. The zero-order valence-corrected chi connectivity index (χ0v) is 5.65. The second-order valence-corrected chi connectivity index (χ2v) is 2.78. The van der Waals surface area contributed by atoms with Crippen LogP contribution in [0.25, 0.3) is 0 Å². The van der Waals surface area contributed by atoms with Crippen LogP contribution >= 0.6 is 0 Å². The number of hydrogen-bond acceptors (Lipinski definition) is 1. The van der Waals surface area contributed by atoms with Gasteiger partial charge in [0, 0.05) is 0 Å². The molecule has 1 aliphatic carbocycles. The minimum absolute atomic E-state index is 0.287. The first-order valence-electron chi connectivity index (χ1n) is 3.68. The van der Waals surface area contributed by atoms with E-state index in [4.69, 9.17) is 5.73 Å². The van der Waals surface area contributed by atoms with Gasteiger partial charge in [-0.25, -0.2) is 4.39 Å². The lowest BCUT2D eigenvalue weighted by atomic mass is 10.0. The third-order valence-corrected chi connectivity index (χ3v) is 2.10. The first-order valence-corrected chi connectivity index (χ1v) is 3.68. The number of halogens is 1. The van der Waals surface area contributed by atoms with Gasteiger partial charge in [0.1, 0.15) is 6.17 Å². The Hall–Kier alpha value is -0.110. The Morgan fingerprint density at radius 1 is 1.44 bits per heavy atom. The van der Waals surface area contributed by atoms with E-state index in [1.807, 2.05) is 0 Å². The van der Waals surface area contributed by atoms with Crippen LogP contribution in [0.15, 0.2) is 0 Å². The van der Waals surface area contributed by atoms with Gasteiger partial charge in [0.25, 0.3) is 0 Å².